The SMILES string of the molecule is COc1cc(Cl)ccc1CN[C@@H]1[C@@H](C(C)(C)C)[C@H](C(=O)O)N(C(=O)C2CCCCC2)[C@@H]1c1ccccc1. The summed E-state index contributed by atoms with van der Waals surface area (Å²) in [6.07, 6.45) is 4.80. The van der Waals surface area contributed by atoms with Crippen LogP contribution < -0.4 is 10.1 Å². The summed E-state index contributed by atoms with van der Waals surface area (Å²) in [7, 11) is 1.61. The molecule has 7 heteroatoms. The van der Waals surface area contributed by atoms with E-state index in [1.165, 1.54) is 0 Å². The van der Waals surface area contributed by atoms with E-state index in [-0.39, 0.29) is 29.2 Å². The topological polar surface area (TPSA) is 78.9 Å². The molecule has 6 nitrogen and oxygen atoms in total. The number of benzene rings is 2. The van der Waals surface area contributed by atoms with Crippen molar-refractivity contribution in [3.8, 4) is 5.75 Å². The number of rotatable bonds is 7. The molecule has 1 heterocycles. The fraction of sp³-hybridized carbons (Fsp3) is 0.533. The number of carboxylic acids is 1. The highest BCUT2D eigenvalue weighted by Crippen LogP contribution is 2.49. The lowest BCUT2D eigenvalue weighted by molar-refractivity contribution is -0.154. The zero-order valence-electron chi connectivity index (χ0n) is 22.2. The summed E-state index contributed by atoms with van der Waals surface area (Å²) in [4.78, 5) is 28.8. The molecule has 0 bridgehead atoms. The zero-order valence-corrected chi connectivity index (χ0v) is 23.0. The van der Waals surface area contributed by atoms with E-state index in [2.05, 4.69) is 26.1 Å². The maximum Gasteiger partial charge on any atom is 0.326 e. The molecular formula is C30H39ClN2O4. The number of hydrogen-bond donors (Lipinski definition) is 2. The molecule has 1 aliphatic heterocycles. The number of hydrogen-bond acceptors (Lipinski definition) is 4. The molecule has 2 N–H and O–H groups in total. The van der Waals surface area contributed by atoms with E-state index in [1.54, 1.807) is 18.1 Å². The molecule has 0 radical (unpaired) electrons. The van der Waals surface area contributed by atoms with Gasteiger partial charge in [0.05, 0.1) is 13.2 Å². The molecule has 200 valence electrons. The maximum atomic E-state index is 14.1. The molecule has 4 rings (SSSR count). The molecule has 1 aliphatic carbocycles. The largest absolute Gasteiger partial charge is 0.496 e. The van der Waals surface area contributed by atoms with Crippen LogP contribution in [0.2, 0.25) is 5.02 Å². The molecular weight excluding hydrogens is 488 g/mol. The maximum absolute atomic E-state index is 14.1. The third kappa shape index (κ3) is 5.80. The molecule has 2 aromatic carbocycles. The zero-order chi connectivity index (χ0) is 26.7. The van der Waals surface area contributed by atoms with Crippen LogP contribution in [0, 0.1) is 17.3 Å². The molecule has 0 spiro atoms. The highest BCUT2D eigenvalue weighted by atomic mass is 35.5. The van der Waals surface area contributed by atoms with E-state index >= 15 is 0 Å². The Morgan fingerprint density at radius 1 is 1.08 bits per heavy atom. The number of ether oxygens (including phenoxy) is 1. The van der Waals surface area contributed by atoms with E-state index < -0.39 is 18.1 Å². The van der Waals surface area contributed by atoms with Gasteiger partial charge in [-0.15, -0.1) is 0 Å². The Morgan fingerprint density at radius 3 is 2.35 bits per heavy atom. The van der Waals surface area contributed by atoms with E-state index in [9.17, 15) is 14.7 Å². The monoisotopic (exact) mass is 526 g/mol. The second kappa shape index (κ2) is 11.4. The van der Waals surface area contributed by atoms with Gasteiger partial charge in [-0.1, -0.05) is 88.0 Å². The van der Waals surface area contributed by atoms with Gasteiger partial charge in [-0.3, -0.25) is 4.79 Å². The van der Waals surface area contributed by atoms with Crippen molar-refractivity contribution in [2.75, 3.05) is 7.11 Å². The van der Waals surface area contributed by atoms with Crippen molar-refractivity contribution in [2.45, 2.75) is 77.5 Å². The number of halogens is 1. The van der Waals surface area contributed by atoms with Crippen LogP contribution in [0.3, 0.4) is 0 Å². The number of likely N-dealkylation sites (tertiary alicyclic amines) is 1. The Labute approximate surface area is 225 Å². The average Bonchev–Trinajstić information content (AvgIpc) is 3.24. The molecule has 1 amide bonds. The summed E-state index contributed by atoms with van der Waals surface area (Å²) in [6, 6.07) is 13.8. The Kier molecular flexibility index (Phi) is 8.49. The first-order valence-electron chi connectivity index (χ1n) is 13.3. The van der Waals surface area contributed by atoms with Crippen LogP contribution in [-0.4, -0.2) is 41.1 Å². The van der Waals surface area contributed by atoms with E-state index in [0.29, 0.717) is 17.3 Å². The van der Waals surface area contributed by atoms with Gasteiger partial charge in [0.25, 0.3) is 0 Å². The predicted octanol–water partition coefficient (Wildman–Crippen LogP) is 6.09. The van der Waals surface area contributed by atoms with Gasteiger partial charge in [0.15, 0.2) is 0 Å². The van der Waals surface area contributed by atoms with Gasteiger partial charge >= 0.3 is 5.97 Å². The Morgan fingerprint density at radius 2 is 1.76 bits per heavy atom. The molecule has 1 saturated carbocycles. The molecule has 0 unspecified atom stereocenters. The number of carbonyl (C=O) groups is 2. The smallest absolute Gasteiger partial charge is 0.326 e. The second-order valence-corrected chi connectivity index (χ2v) is 11.9. The van der Waals surface area contributed by atoms with Gasteiger partial charge in [-0.2, -0.15) is 0 Å². The number of methoxy groups -OCH3 is 1. The average molecular weight is 527 g/mol. The first-order chi connectivity index (χ1) is 17.6. The number of carboxylic acid groups (broad SMARTS) is 1. The molecule has 2 aliphatic rings. The van der Waals surface area contributed by atoms with Gasteiger partial charge < -0.3 is 20.1 Å². The third-order valence-corrected chi connectivity index (χ3v) is 8.28. The fourth-order valence-electron chi connectivity index (χ4n) is 6.38. The summed E-state index contributed by atoms with van der Waals surface area (Å²) in [5, 5.41) is 14.9. The van der Waals surface area contributed by atoms with Crippen molar-refractivity contribution in [3.05, 3.63) is 64.7 Å². The van der Waals surface area contributed by atoms with Crippen LogP contribution in [0.4, 0.5) is 0 Å². The van der Waals surface area contributed by atoms with Gasteiger partial charge in [-0.25, -0.2) is 4.79 Å². The summed E-state index contributed by atoms with van der Waals surface area (Å²) >= 11 is 6.18. The van der Waals surface area contributed by atoms with E-state index in [4.69, 9.17) is 16.3 Å². The highest BCUT2D eigenvalue weighted by molar-refractivity contribution is 6.30. The van der Waals surface area contributed by atoms with Crippen molar-refractivity contribution < 1.29 is 19.4 Å². The van der Waals surface area contributed by atoms with Crippen molar-refractivity contribution in [1.29, 1.82) is 0 Å². The Hall–Kier alpha value is -2.57. The van der Waals surface area contributed by atoms with Crippen molar-refractivity contribution in [1.82, 2.24) is 10.2 Å². The standard InChI is InChI=1S/C30H39ClN2O4/c1-30(2,3)24-25(32-18-21-15-16-22(31)17-23(21)37-4)26(19-11-7-5-8-12-19)33(27(24)29(35)36)28(34)20-13-9-6-10-14-20/h5,7-8,11-12,15-17,20,24-27,32H,6,9-10,13-14,18H2,1-4H3,(H,35,36)/t24-,25-,26-,27-/m1/s1. The lowest BCUT2D eigenvalue weighted by Crippen LogP contribution is -2.49. The molecule has 37 heavy (non-hydrogen) atoms. The Bertz CT molecular complexity index is 1090. The van der Waals surface area contributed by atoms with E-state index in [1.807, 2.05) is 42.5 Å². The number of amides is 1. The number of aliphatic carboxylic acids is 1. The first-order valence-corrected chi connectivity index (χ1v) is 13.7. The lowest BCUT2D eigenvalue weighted by atomic mass is 9.72. The summed E-state index contributed by atoms with van der Waals surface area (Å²) in [5.41, 5.74) is 1.50. The third-order valence-electron chi connectivity index (χ3n) is 8.05. The van der Waals surface area contributed by atoms with Crippen molar-refractivity contribution in [2.24, 2.45) is 17.3 Å². The molecule has 4 atom stereocenters. The van der Waals surface area contributed by atoms with Crippen LogP contribution in [0.1, 0.15) is 70.0 Å². The van der Waals surface area contributed by atoms with Crippen molar-refractivity contribution >= 4 is 23.5 Å². The minimum Gasteiger partial charge on any atom is -0.496 e. The van der Waals surface area contributed by atoms with Crippen LogP contribution in [0.5, 0.6) is 5.75 Å². The van der Waals surface area contributed by atoms with Crippen molar-refractivity contribution in [3.63, 3.8) is 0 Å². The van der Waals surface area contributed by atoms with Gasteiger partial charge in [0, 0.05) is 35.0 Å². The highest BCUT2D eigenvalue weighted by Gasteiger charge is 2.58. The lowest BCUT2D eigenvalue weighted by Gasteiger charge is -2.36. The molecule has 1 saturated heterocycles. The normalized spacial score (nSPS) is 24.7. The summed E-state index contributed by atoms with van der Waals surface area (Å²) < 4.78 is 5.56. The van der Waals surface area contributed by atoms with E-state index in [0.717, 1.165) is 43.2 Å². The fourth-order valence-corrected chi connectivity index (χ4v) is 6.54. The quantitative estimate of drug-likeness (QED) is 0.456. The minimum absolute atomic E-state index is 0.0245. The van der Waals surface area contributed by atoms with Gasteiger partial charge in [-0.05, 0) is 36.0 Å². The van der Waals surface area contributed by atoms with Crippen LogP contribution in [0.25, 0.3) is 0 Å². The predicted molar refractivity (Wildman–Crippen MR) is 146 cm³/mol. The second-order valence-electron chi connectivity index (χ2n) is 11.5. The number of carbonyl (C=O) groups excluding carboxylic acids is 1. The number of nitrogens with one attached hydrogen (secondary N) is 1. The number of nitrogens with zero attached hydrogens (tertiary/aromatic N) is 1. The summed E-state index contributed by atoms with van der Waals surface area (Å²) in [5.74, 6) is -0.743. The molecule has 2 aromatic rings. The first kappa shape index (κ1) is 27.5. The van der Waals surface area contributed by atoms with Crippen LogP contribution in [0.15, 0.2) is 48.5 Å². The van der Waals surface area contributed by atoms with Gasteiger partial charge in [0.2, 0.25) is 5.91 Å². The Balaban J connectivity index is 1.79. The van der Waals surface area contributed by atoms with Crippen LogP contribution >= 0.6 is 11.6 Å². The molecule has 0 aromatic heterocycles. The minimum atomic E-state index is -0.946. The van der Waals surface area contributed by atoms with Gasteiger partial charge in [0.1, 0.15) is 11.8 Å². The van der Waals surface area contributed by atoms with Crippen LogP contribution in [-0.2, 0) is 16.1 Å². The summed E-state index contributed by atoms with van der Waals surface area (Å²) in [6.45, 7) is 6.67. The molecule has 2 fully saturated rings.